The SMILES string of the molecule is CC(=O)SCC=Cc1ccc(C(=O)O)cc1Cl. The Bertz CT molecular complexity index is 469. The smallest absolute Gasteiger partial charge is 0.335 e. The van der Waals surface area contributed by atoms with Gasteiger partial charge in [-0.1, -0.05) is 41.6 Å². The summed E-state index contributed by atoms with van der Waals surface area (Å²) in [5.41, 5.74) is 0.895. The fourth-order valence-corrected chi connectivity index (χ4v) is 1.81. The zero-order valence-corrected chi connectivity index (χ0v) is 10.7. The number of hydrogen-bond donors (Lipinski definition) is 1. The van der Waals surface area contributed by atoms with Gasteiger partial charge in [-0.05, 0) is 17.7 Å². The molecule has 0 unspecified atom stereocenters. The van der Waals surface area contributed by atoms with Gasteiger partial charge < -0.3 is 5.11 Å². The maximum atomic E-state index is 10.7. The first-order valence-corrected chi connectivity index (χ1v) is 6.20. The quantitative estimate of drug-likeness (QED) is 0.912. The fraction of sp³-hybridized carbons (Fsp3) is 0.167. The van der Waals surface area contributed by atoms with Crippen LogP contribution in [0.4, 0.5) is 0 Å². The second-order valence-electron chi connectivity index (χ2n) is 3.25. The number of hydrogen-bond acceptors (Lipinski definition) is 3. The second kappa shape index (κ2) is 6.47. The Balaban J connectivity index is 2.72. The van der Waals surface area contributed by atoms with Crippen molar-refractivity contribution < 1.29 is 14.7 Å². The van der Waals surface area contributed by atoms with E-state index in [4.69, 9.17) is 16.7 Å². The Morgan fingerprint density at radius 1 is 1.47 bits per heavy atom. The standard InChI is InChI=1S/C12H11ClO3S/c1-8(14)17-6-2-3-9-4-5-10(12(15)16)7-11(9)13/h2-5,7H,6H2,1H3,(H,15,16). The maximum absolute atomic E-state index is 10.7. The van der Waals surface area contributed by atoms with Gasteiger partial charge >= 0.3 is 5.97 Å². The number of aromatic carboxylic acids is 1. The Hall–Kier alpha value is -1.26. The Morgan fingerprint density at radius 2 is 2.18 bits per heavy atom. The maximum Gasteiger partial charge on any atom is 0.335 e. The van der Waals surface area contributed by atoms with Gasteiger partial charge in [0.2, 0.25) is 0 Å². The van der Waals surface area contributed by atoms with Crippen LogP contribution in [-0.2, 0) is 4.79 Å². The third-order valence-corrected chi connectivity index (χ3v) is 3.02. The van der Waals surface area contributed by atoms with E-state index in [-0.39, 0.29) is 10.7 Å². The predicted octanol–water partition coefficient (Wildman–Crippen LogP) is 3.33. The minimum atomic E-state index is -1.01. The lowest BCUT2D eigenvalue weighted by atomic mass is 10.1. The van der Waals surface area contributed by atoms with E-state index in [9.17, 15) is 9.59 Å². The molecule has 1 rings (SSSR count). The molecule has 5 heteroatoms. The topological polar surface area (TPSA) is 54.4 Å². The molecular weight excluding hydrogens is 260 g/mol. The molecule has 0 spiro atoms. The average molecular weight is 271 g/mol. The fourth-order valence-electron chi connectivity index (χ4n) is 1.14. The highest BCUT2D eigenvalue weighted by atomic mass is 35.5. The van der Waals surface area contributed by atoms with E-state index in [1.54, 1.807) is 12.1 Å². The largest absolute Gasteiger partial charge is 0.478 e. The molecule has 1 aromatic rings. The molecule has 1 N–H and O–H groups in total. The molecule has 1 aromatic carbocycles. The molecule has 17 heavy (non-hydrogen) atoms. The molecule has 0 saturated heterocycles. The Morgan fingerprint density at radius 3 is 2.71 bits per heavy atom. The monoisotopic (exact) mass is 270 g/mol. The van der Waals surface area contributed by atoms with Crippen molar-refractivity contribution >= 4 is 40.5 Å². The van der Waals surface area contributed by atoms with Crippen LogP contribution in [0, 0.1) is 0 Å². The van der Waals surface area contributed by atoms with Crippen LogP contribution in [0.25, 0.3) is 6.08 Å². The molecular formula is C12H11ClO3S. The molecule has 0 aliphatic rings. The number of carboxylic acids is 1. The van der Waals surface area contributed by atoms with Crippen molar-refractivity contribution in [2.24, 2.45) is 0 Å². The molecule has 0 heterocycles. The van der Waals surface area contributed by atoms with Gasteiger partial charge in [-0.25, -0.2) is 4.79 Å². The summed E-state index contributed by atoms with van der Waals surface area (Å²) in [6.45, 7) is 1.51. The first kappa shape index (κ1) is 13.8. The Kier molecular flexibility index (Phi) is 5.25. The average Bonchev–Trinajstić information content (AvgIpc) is 2.25. The normalized spacial score (nSPS) is 10.7. The van der Waals surface area contributed by atoms with Gasteiger partial charge in [0.25, 0.3) is 0 Å². The van der Waals surface area contributed by atoms with E-state index < -0.39 is 5.97 Å². The lowest BCUT2D eigenvalue weighted by Crippen LogP contribution is -1.95. The number of halogens is 1. The zero-order valence-electron chi connectivity index (χ0n) is 9.14. The Labute approximate surface area is 108 Å². The summed E-state index contributed by atoms with van der Waals surface area (Å²) in [5, 5.41) is 9.20. The van der Waals surface area contributed by atoms with E-state index in [2.05, 4.69) is 0 Å². The molecule has 0 atom stereocenters. The van der Waals surface area contributed by atoms with Crippen molar-refractivity contribution in [2.75, 3.05) is 5.75 Å². The van der Waals surface area contributed by atoms with Crippen molar-refractivity contribution in [2.45, 2.75) is 6.92 Å². The van der Waals surface area contributed by atoms with Crippen molar-refractivity contribution in [1.82, 2.24) is 0 Å². The third kappa shape index (κ3) is 4.63. The molecule has 0 radical (unpaired) electrons. The van der Waals surface area contributed by atoms with Gasteiger partial charge in [0.05, 0.1) is 5.56 Å². The van der Waals surface area contributed by atoms with Gasteiger partial charge in [-0.15, -0.1) is 0 Å². The highest BCUT2D eigenvalue weighted by Gasteiger charge is 2.04. The summed E-state index contributed by atoms with van der Waals surface area (Å²) in [4.78, 5) is 21.4. The summed E-state index contributed by atoms with van der Waals surface area (Å²) in [6.07, 6.45) is 3.58. The van der Waals surface area contributed by atoms with Crippen LogP contribution < -0.4 is 0 Å². The number of benzene rings is 1. The number of carbonyl (C=O) groups excluding carboxylic acids is 1. The molecule has 0 aromatic heterocycles. The second-order valence-corrected chi connectivity index (χ2v) is 4.85. The number of rotatable bonds is 4. The van der Waals surface area contributed by atoms with E-state index in [1.165, 1.54) is 30.8 Å². The van der Waals surface area contributed by atoms with Gasteiger partial charge in [-0.3, -0.25) is 4.79 Å². The lowest BCUT2D eigenvalue weighted by Gasteiger charge is -2.00. The molecule has 90 valence electrons. The molecule has 3 nitrogen and oxygen atoms in total. The van der Waals surface area contributed by atoms with Crippen LogP contribution in [0.3, 0.4) is 0 Å². The van der Waals surface area contributed by atoms with Crippen molar-refractivity contribution in [3.8, 4) is 0 Å². The van der Waals surface area contributed by atoms with E-state index in [0.717, 1.165) is 5.56 Å². The minimum Gasteiger partial charge on any atom is -0.478 e. The van der Waals surface area contributed by atoms with Crippen LogP contribution in [-0.4, -0.2) is 21.9 Å². The van der Waals surface area contributed by atoms with Crippen LogP contribution in [0.1, 0.15) is 22.8 Å². The lowest BCUT2D eigenvalue weighted by molar-refractivity contribution is -0.109. The minimum absolute atomic E-state index is 0.0574. The van der Waals surface area contributed by atoms with E-state index in [1.807, 2.05) is 6.08 Å². The van der Waals surface area contributed by atoms with Gasteiger partial charge in [0.1, 0.15) is 0 Å². The number of thioether (sulfide) groups is 1. The molecule has 0 aliphatic carbocycles. The summed E-state index contributed by atoms with van der Waals surface area (Å²) < 4.78 is 0. The van der Waals surface area contributed by atoms with Crippen molar-refractivity contribution in [3.63, 3.8) is 0 Å². The molecule has 0 bridgehead atoms. The summed E-state index contributed by atoms with van der Waals surface area (Å²) in [5.74, 6) is -0.429. The van der Waals surface area contributed by atoms with Crippen LogP contribution >= 0.6 is 23.4 Å². The van der Waals surface area contributed by atoms with E-state index in [0.29, 0.717) is 10.8 Å². The highest BCUT2D eigenvalue weighted by Crippen LogP contribution is 2.19. The van der Waals surface area contributed by atoms with Gasteiger partial charge in [0, 0.05) is 17.7 Å². The van der Waals surface area contributed by atoms with Crippen molar-refractivity contribution in [3.05, 3.63) is 40.4 Å². The van der Waals surface area contributed by atoms with Crippen molar-refractivity contribution in [1.29, 1.82) is 0 Å². The van der Waals surface area contributed by atoms with Gasteiger partial charge in [-0.2, -0.15) is 0 Å². The zero-order chi connectivity index (χ0) is 12.8. The number of carbonyl (C=O) groups is 2. The molecule has 0 fully saturated rings. The molecule has 0 aliphatic heterocycles. The number of carboxylic acid groups (broad SMARTS) is 1. The summed E-state index contributed by atoms with van der Waals surface area (Å²) >= 11 is 7.13. The predicted molar refractivity (Wildman–Crippen MR) is 70.6 cm³/mol. The highest BCUT2D eigenvalue weighted by molar-refractivity contribution is 8.13. The first-order chi connectivity index (χ1) is 8.00. The molecule has 0 amide bonds. The summed E-state index contributed by atoms with van der Waals surface area (Å²) in [7, 11) is 0. The first-order valence-electron chi connectivity index (χ1n) is 4.83. The summed E-state index contributed by atoms with van der Waals surface area (Å²) in [6, 6.07) is 4.54. The third-order valence-electron chi connectivity index (χ3n) is 1.93. The molecule has 0 saturated carbocycles. The van der Waals surface area contributed by atoms with Crippen LogP contribution in [0.15, 0.2) is 24.3 Å². The van der Waals surface area contributed by atoms with Crippen LogP contribution in [0.5, 0.6) is 0 Å². The van der Waals surface area contributed by atoms with Crippen LogP contribution in [0.2, 0.25) is 5.02 Å². The van der Waals surface area contributed by atoms with E-state index >= 15 is 0 Å². The van der Waals surface area contributed by atoms with Gasteiger partial charge in [0.15, 0.2) is 5.12 Å².